The Hall–Kier alpha value is -1.55. The van der Waals surface area contributed by atoms with Crippen LogP contribution < -0.4 is 10.6 Å². The Labute approximate surface area is 119 Å². The third-order valence-corrected chi connectivity index (χ3v) is 3.90. The van der Waals surface area contributed by atoms with Crippen molar-refractivity contribution in [2.24, 2.45) is 5.92 Å². The number of hydrogen-bond acceptors (Lipinski definition) is 4. The highest BCUT2D eigenvalue weighted by molar-refractivity contribution is 7.15. The maximum absolute atomic E-state index is 4.33. The fourth-order valence-corrected chi connectivity index (χ4v) is 2.51. The molecule has 0 bridgehead atoms. The molecule has 0 spiro atoms. The van der Waals surface area contributed by atoms with Gasteiger partial charge in [-0.05, 0) is 25.0 Å². The lowest BCUT2D eigenvalue weighted by atomic mass is 10.0. The average Bonchev–Trinajstić information content (AvgIpc) is 2.81. The summed E-state index contributed by atoms with van der Waals surface area (Å²) in [5.74, 6) is 0.550. The van der Waals surface area contributed by atoms with Gasteiger partial charge in [-0.15, -0.1) is 11.3 Å². The highest BCUT2D eigenvalue weighted by atomic mass is 32.1. The monoisotopic (exact) mass is 275 g/mol. The van der Waals surface area contributed by atoms with Crippen LogP contribution in [0.3, 0.4) is 0 Å². The first-order valence-electron chi connectivity index (χ1n) is 6.63. The third kappa shape index (κ3) is 4.24. The first-order valence-corrected chi connectivity index (χ1v) is 7.44. The molecule has 1 aromatic carbocycles. The van der Waals surface area contributed by atoms with E-state index in [1.54, 1.807) is 11.3 Å². The van der Waals surface area contributed by atoms with Crippen LogP contribution >= 0.6 is 11.3 Å². The van der Waals surface area contributed by atoms with Crippen LogP contribution in [0.15, 0.2) is 36.5 Å². The highest BCUT2D eigenvalue weighted by Crippen LogP contribution is 2.18. The molecule has 0 aliphatic heterocycles. The number of hydrogen-bond donors (Lipinski definition) is 2. The molecule has 0 fully saturated rings. The van der Waals surface area contributed by atoms with Gasteiger partial charge in [0.2, 0.25) is 0 Å². The van der Waals surface area contributed by atoms with Gasteiger partial charge in [0.15, 0.2) is 5.13 Å². The Morgan fingerprint density at radius 2 is 1.95 bits per heavy atom. The standard InChI is InChI=1S/C15H21N3S/c1-11(2)14(18-13-7-5-4-6-8-13)10-17-15-16-9-12(3)19-15/h4-9,11,14,18H,10H2,1-3H3,(H,16,17). The van der Waals surface area contributed by atoms with Crippen molar-refractivity contribution in [3.05, 3.63) is 41.4 Å². The minimum atomic E-state index is 0.381. The molecule has 1 unspecified atom stereocenters. The van der Waals surface area contributed by atoms with Crippen LogP contribution in [0.4, 0.5) is 10.8 Å². The molecule has 4 heteroatoms. The summed E-state index contributed by atoms with van der Waals surface area (Å²) in [5.41, 5.74) is 1.17. The van der Waals surface area contributed by atoms with Crippen molar-refractivity contribution in [2.45, 2.75) is 26.8 Å². The molecule has 19 heavy (non-hydrogen) atoms. The summed E-state index contributed by atoms with van der Waals surface area (Å²) in [6.07, 6.45) is 1.90. The van der Waals surface area contributed by atoms with E-state index in [-0.39, 0.29) is 0 Å². The maximum atomic E-state index is 4.33. The van der Waals surface area contributed by atoms with E-state index in [4.69, 9.17) is 0 Å². The zero-order valence-electron chi connectivity index (χ0n) is 11.7. The Balaban J connectivity index is 1.93. The van der Waals surface area contributed by atoms with Crippen molar-refractivity contribution in [1.29, 1.82) is 0 Å². The fourth-order valence-electron chi connectivity index (χ4n) is 1.84. The van der Waals surface area contributed by atoms with Crippen LogP contribution in [0.1, 0.15) is 18.7 Å². The Morgan fingerprint density at radius 3 is 2.53 bits per heavy atom. The normalized spacial score (nSPS) is 12.4. The van der Waals surface area contributed by atoms with Crippen LogP contribution in [0.25, 0.3) is 0 Å². The predicted molar refractivity (Wildman–Crippen MR) is 84.0 cm³/mol. The summed E-state index contributed by atoms with van der Waals surface area (Å²) < 4.78 is 0. The quantitative estimate of drug-likeness (QED) is 0.836. The summed E-state index contributed by atoms with van der Waals surface area (Å²) >= 11 is 1.70. The Kier molecular flexibility index (Phi) is 4.80. The van der Waals surface area contributed by atoms with E-state index < -0.39 is 0 Å². The van der Waals surface area contributed by atoms with Gasteiger partial charge >= 0.3 is 0 Å². The van der Waals surface area contributed by atoms with Crippen LogP contribution in [-0.2, 0) is 0 Å². The smallest absolute Gasteiger partial charge is 0.182 e. The van der Waals surface area contributed by atoms with Gasteiger partial charge in [0.25, 0.3) is 0 Å². The zero-order chi connectivity index (χ0) is 13.7. The average molecular weight is 275 g/mol. The number of rotatable bonds is 6. The molecule has 0 saturated heterocycles. The van der Waals surface area contributed by atoms with Gasteiger partial charge in [-0.3, -0.25) is 0 Å². The molecule has 0 aliphatic carbocycles. The number of aromatic nitrogens is 1. The molecule has 0 aliphatic rings. The fraction of sp³-hybridized carbons (Fsp3) is 0.400. The summed E-state index contributed by atoms with van der Waals surface area (Å²) in [4.78, 5) is 5.57. The molecule has 1 aromatic heterocycles. The summed E-state index contributed by atoms with van der Waals surface area (Å²) in [5, 5.41) is 7.98. The molecule has 0 amide bonds. The van der Waals surface area contributed by atoms with Gasteiger partial charge in [-0.1, -0.05) is 32.0 Å². The summed E-state index contributed by atoms with van der Waals surface area (Å²) in [7, 11) is 0. The second-order valence-electron chi connectivity index (χ2n) is 5.02. The number of nitrogens with zero attached hydrogens (tertiary/aromatic N) is 1. The van der Waals surface area contributed by atoms with Gasteiger partial charge in [-0.25, -0.2) is 4.98 Å². The summed E-state index contributed by atoms with van der Waals surface area (Å²) in [6.45, 7) is 7.41. The largest absolute Gasteiger partial charge is 0.380 e. The van der Waals surface area contributed by atoms with E-state index in [9.17, 15) is 0 Å². The van der Waals surface area contributed by atoms with Crippen molar-refractivity contribution in [3.63, 3.8) is 0 Å². The van der Waals surface area contributed by atoms with Crippen molar-refractivity contribution < 1.29 is 0 Å². The zero-order valence-corrected chi connectivity index (χ0v) is 12.5. The van der Waals surface area contributed by atoms with Crippen LogP contribution in [-0.4, -0.2) is 17.6 Å². The lowest BCUT2D eigenvalue weighted by molar-refractivity contribution is 0.542. The van der Waals surface area contributed by atoms with Gasteiger partial charge in [0, 0.05) is 29.3 Å². The molecule has 0 radical (unpaired) electrons. The first-order chi connectivity index (χ1) is 9.15. The summed E-state index contributed by atoms with van der Waals surface area (Å²) in [6, 6.07) is 10.7. The number of nitrogens with one attached hydrogen (secondary N) is 2. The molecule has 0 saturated carbocycles. The highest BCUT2D eigenvalue weighted by Gasteiger charge is 2.13. The van der Waals surface area contributed by atoms with E-state index in [1.807, 2.05) is 12.3 Å². The lowest BCUT2D eigenvalue weighted by Crippen LogP contribution is -2.33. The molecular weight excluding hydrogens is 254 g/mol. The van der Waals surface area contributed by atoms with Crippen LogP contribution in [0.5, 0.6) is 0 Å². The van der Waals surface area contributed by atoms with Crippen LogP contribution in [0, 0.1) is 12.8 Å². The predicted octanol–water partition coefficient (Wildman–Crippen LogP) is 4.00. The minimum absolute atomic E-state index is 0.381. The van der Waals surface area contributed by atoms with Crippen molar-refractivity contribution in [2.75, 3.05) is 17.2 Å². The lowest BCUT2D eigenvalue weighted by Gasteiger charge is -2.23. The minimum Gasteiger partial charge on any atom is -0.380 e. The number of para-hydroxylation sites is 1. The second-order valence-corrected chi connectivity index (χ2v) is 6.25. The van der Waals surface area contributed by atoms with E-state index in [0.29, 0.717) is 12.0 Å². The Morgan fingerprint density at radius 1 is 1.21 bits per heavy atom. The molecule has 2 rings (SSSR count). The number of aryl methyl sites for hydroxylation is 1. The molecule has 1 heterocycles. The number of benzene rings is 1. The maximum Gasteiger partial charge on any atom is 0.182 e. The van der Waals surface area contributed by atoms with Crippen molar-refractivity contribution in [3.8, 4) is 0 Å². The second kappa shape index (κ2) is 6.57. The van der Waals surface area contributed by atoms with Gasteiger partial charge in [0.05, 0.1) is 0 Å². The third-order valence-electron chi connectivity index (χ3n) is 3.03. The van der Waals surface area contributed by atoms with Crippen LogP contribution in [0.2, 0.25) is 0 Å². The van der Waals surface area contributed by atoms with E-state index in [0.717, 1.165) is 11.7 Å². The molecule has 3 nitrogen and oxygen atoms in total. The Bertz CT molecular complexity index is 493. The molecule has 2 N–H and O–H groups in total. The van der Waals surface area contributed by atoms with E-state index in [2.05, 4.69) is 60.7 Å². The van der Waals surface area contributed by atoms with Crippen molar-refractivity contribution >= 4 is 22.2 Å². The van der Waals surface area contributed by atoms with Gasteiger partial charge < -0.3 is 10.6 Å². The first kappa shape index (κ1) is 13.9. The molecule has 2 aromatic rings. The van der Waals surface area contributed by atoms with Gasteiger partial charge in [-0.2, -0.15) is 0 Å². The SMILES string of the molecule is Cc1cnc(NCC(Nc2ccccc2)C(C)C)s1. The number of thiazole rings is 1. The topological polar surface area (TPSA) is 37.0 Å². The molecular formula is C15H21N3S. The molecule has 1 atom stereocenters. The van der Waals surface area contributed by atoms with E-state index >= 15 is 0 Å². The van der Waals surface area contributed by atoms with E-state index in [1.165, 1.54) is 10.6 Å². The molecule has 102 valence electrons. The van der Waals surface area contributed by atoms with Crippen molar-refractivity contribution in [1.82, 2.24) is 4.98 Å². The number of anilines is 2. The van der Waals surface area contributed by atoms with Gasteiger partial charge in [0.1, 0.15) is 0 Å².